The Labute approximate surface area is 131 Å². The lowest BCUT2D eigenvalue weighted by Gasteiger charge is -2.10. The van der Waals surface area contributed by atoms with E-state index in [4.69, 9.17) is 0 Å². The van der Waals surface area contributed by atoms with E-state index in [1.54, 1.807) is 0 Å². The van der Waals surface area contributed by atoms with Gasteiger partial charge in [-0.2, -0.15) is 26.3 Å². The lowest BCUT2D eigenvalue weighted by Crippen LogP contribution is -2.05. The maximum absolute atomic E-state index is 14.1. The zero-order chi connectivity index (χ0) is 18.1. The smallest absolute Gasteiger partial charge is 0.203 e. The quantitative estimate of drug-likeness (QED) is 0.428. The molecule has 2 aromatic rings. The van der Waals surface area contributed by atoms with Crippen molar-refractivity contribution in [2.24, 2.45) is 0 Å². The van der Waals surface area contributed by atoms with Crippen LogP contribution in [0.1, 0.15) is 22.3 Å². The van der Waals surface area contributed by atoms with E-state index in [-0.39, 0.29) is 0 Å². The molecule has 8 heteroatoms. The van der Waals surface area contributed by atoms with Crippen LogP contribution in [-0.2, 0) is 12.4 Å². The standard InChI is InChI=1S/C16H8F8/c17-13(9-3-1-5-11(7-9)15(19,20)21)14(18)10-4-2-6-12(8-10)16(22,23)24/h1-8H. The van der Waals surface area contributed by atoms with Crippen LogP contribution in [0.15, 0.2) is 48.5 Å². The van der Waals surface area contributed by atoms with Gasteiger partial charge in [-0.3, -0.25) is 0 Å². The minimum absolute atomic E-state index is 0.378. The van der Waals surface area contributed by atoms with Gasteiger partial charge in [-0.15, -0.1) is 0 Å². The van der Waals surface area contributed by atoms with Crippen molar-refractivity contribution < 1.29 is 35.1 Å². The second-order valence-electron chi connectivity index (χ2n) is 4.79. The predicted octanol–water partition coefficient (Wildman–Crippen LogP) is 6.49. The highest BCUT2D eigenvalue weighted by Crippen LogP contribution is 2.36. The number of halogens is 8. The molecule has 0 unspecified atom stereocenters. The van der Waals surface area contributed by atoms with Crippen molar-refractivity contribution in [1.82, 2.24) is 0 Å². The summed E-state index contributed by atoms with van der Waals surface area (Å²) in [5.41, 5.74) is -3.85. The van der Waals surface area contributed by atoms with Crippen molar-refractivity contribution in [1.29, 1.82) is 0 Å². The van der Waals surface area contributed by atoms with Crippen LogP contribution < -0.4 is 0 Å². The first-order chi connectivity index (χ1) is 11.0. The van der Waals surface area contributed by atoms with E-state index >= 15 is 0 Å². The van der Waals surface area contributed by atoms with Gasteiger partial charge in [-0.25, -0.2) is 8.78 Å². The summed E-state index contributed by atoms with van der Waals surface area (Å²) >= 11 is 0. The Morgan fingerprint density at radius 3 is 1.21 bits per heavy atom. The first kappa shape index (κ1) is 18.0. The number of rotatable bonds is 2. The minimum Gasteiger partial charge on any atom is -0.203 e. The largest absolute Gasteiger partial charge is 0.416 e. The Morgan fingerprint density at radius 2 is 0.917 bits per heavy atom. The summed E-state index contributed by atoms with van der Waals surface area (Å²) < 4.78 is 104. The molecule has 0 aliphatic rings. The number of benzene rings is 2. The number of hydrogen-bond donors (Lipinski definition) is 0. The van der Waals surface area contributed by atoms with E-state index in [1.807, 2.05) is 0 Å². The molecule has 0 aromatic heterocycles. The van der Waals surface area contributed by atoms with Crippen LogP contribution in [0.4, 0.5) is 35.1 Å². The molecule has 0 aliphatic carbocycles. The number of alkyl halides is 6. The van der Waals surface area contributed by atoms with E-state index in [0.29, 0.717) is 24.3 Å². The third-order valence-corrected chi connectivity index (χ3v) is 3.08. The van der Waals surface area contributed by atoms with Crippen molar-refractivity contribution in [3.63, 3.8) is 0 Å². The second kappa shape index (κ2) is 6.26. The van der Waals surface area contributed by atoms with E-state index < -0.39 is 46.3 Å². The van der Waals surface area contributed by atoms with Gasteiger partial charge >= 0.3 is 12.4 Å². The maximum Gasteiger partial charge on any atom is 0.416 e. The molecular weight excluding hydrogens is 344 g/mol. The molecule has 2 rings (SSSR count). The van der Waals surface area contributed by atoms with E-state index in [2.05, 4.69) is 0 Å². The summed E-state index contributed by atoms with van der Waals surface area (Å²) in [5.74, 6) is -3.36. The lowest BCUT2D eigenvalue weighted by molar-refractivity contribution is -0.138. The van der Waals surface area contributed by atoms with E-state index in [0.717, 1.165) is 24.3 Å². The minimum atomic E-state index is -4.76. The van der Waals surface area contributed by atoms with Crippen LogP contribution in [0.2, 0.25) is 0 Å². The molecule has 2 aromatic carbocycles. The fourth-order valence-electron chi connectivity index (χ4n) is 1.92. The zero-order valence-corrected chi connectivity index (χ0v) is 11.6. The van der Waals surface area contributed by atoms with Crippen LogP contribution in [0, 0.1) is 0 Å². The highest BCUT2D eigenvalue weighted by molar-refractivity contribution is 5.83. The fourth-order valence-corrected chi connectivity index (χ4v) is 1.92. The molecule has 0 N–H and O–H groups in total. The molecule has 0 bridgehead atoms. The molecule has 0 nitrogen and oxygen atoms in total. The molecule has 0 heterocycles. The summed E-state index contributed by atoms with van der Waals surface area (Å²) in [6.07, 6.45) is -9.52. The van der Waals surface area contributed by atoms with Crippen LogP contribution in [-0.4, -0.2) is 0 Å². The molecule has 0 aliphatic heterocycles. The Bertz CT molecular complexity index is 703. The second-order valence-corrected chi connectivity index (χ2v) is 4.79. The summed E-state index contributed by atoms with van der Waals surface area (Å²) in [4.78, 5) is 0. The molecule has 128 valence electrons. The third kappa shape index (κ3) is 3.93. The van der Waals surface area contributed by atoms with Crippen LogP contribution in [0.5, 0.6) is 0 Å². The molecule has 24 heavy (non-hydrogen) atoms. The van der Waals surface area contributed by atoms with Crippen LogP contribution in [0.25, 0.3) is 11.7 Å². The summed E-state index contributed by atoms with van der Waals surface area (Å²) in [6, 6.07) is 5.60. The molecule has 0 spiro atoms. The summed E-state index contributed by atoms with van der Waals surface area (Å²) in [7, 11) is 0. The van der Waals surface area contributed by atoms with Crippen LogP contribution in [0.3, 0.4) is 0 Å². The highest BCUT2D eigenvalue weighted by atomic mass is 19.4. The molecule has 0 saturated heterocycles. The normalized spacial score (nSPS) is 13.7. The van der Waals surface area contributed by atoms with Gasteiger partial charge in [-0.05, 0) is 24.3 Å². The van der Waals surface area contributed by atoms with Gasteiger partial charge in [0, 0.05) is 11.1 Å². The van der Waals surface area contributed by atoms with Gasteiger partial charge in [0.05, 0.1) is 11.1 Å². The molecule has 0 fully saturated rings. The Hall–Kier alpha value is -2.38. The van der Waals surface area contributed by atoms with Crippen molar-refractivity contribution in [3.05, 3.63) is 70.8 Å². The number of hydrogen-bond acceptors (Lipinski definition) is 0. The monoisotopic (exact) mass is 352 g/mol. The Morgan fingerprint density at radius 1 is 0.583 bits per heavy atom. The van der Waals surface area contributed by atoms with Crippen molar-refractivity contribution in [2.45, 2.75) is 12.4 Å². The van der Waals surface area contributed by atoms with Crippen molar-refractivity contribution >= 4 is 11.7 Å². The molecule has 0 amide bonds. The van der Waals surface area contributed by atoms with Gasteiger partial charge in [-0.1, -0.05) is 24.3 Å². The summed E-state index contributed by atoms with van der Waals surface area (Å²) in [6.45, 7) is 0. The lowest BCUT2D eigenvalue weighted by atomic mass is 10.0. The van der Waals surface area contributed by atoms with Gasteiger partial charge in [0.1, 0.15) is 0 Å². The molecule has 0 saturated carbocycles. The van der Waals surface area contributed by atoms with Gasteiger partial charge in [0.15, 0.2) is 11.7 Å². The molecule has 0 radical (unpaired) electrons. The topological polar surface area (TPSA) is 0 Å². The third-order valence-electron chi connectivity index (χ3n) is 3.08. The average molecular weight is 352 g/mol. The molecule has 0 atom stereocenters. The first-order valence-corrected chi connectivity index (χ1v) is 6.40. The fraction of sp³-hybridized carbons (Fsp3) is 0.125. The Kier molecular flexibility index (Phi) is 4.68. The zero-order valence-electron chi connectivity index (χ0n) is 11.6. The first-order valence-electron chi connectivity index (χ1n) is 6.40. The van der Waals surface area contributed by atoms with Gasteiger partial charge < -0.3 is 0 Å². The van der Waals surface area contributed by atoms with E-state index in [9.17, 15) is 35.1 Å². The average Bonchev–Trinajstić information content (AvgIpc) is 2.52. The van der Waals surface area contributed by atoms with Crippen molar-refractivity contribution in [3.8, 4) is 0 Å². The predicted molar refractivity (Wildman–Crippen MR) is 71.9 cm³/mol. The Balaban J connectivity index is 2.49. The van der Waals surface area contributed by atoms with Crippen LogP contribution >= 0.6 is 0 Å². The van der Waals surface area contributed by atoms with Gasteiger partial charge in [0.25, 0.3) is 0 Å². The van der Waals surface area contributed by atoms with Gasteiger partial charge in [0.2, 0.25) is 0 Å². The van der Waals surface area contributed by atoms with Crippen molar-refractivity contribution in [2.75, 3.05) is 0 Å². The molecular formula is C16H8F8. The SMILES string of the molecule is FC(=C(F)c1cccc(C(F)(F)F)c1)c1cccc(C(F)(F)F)c1. The summed E-state index contributed by atoms with van der Waals surface area (Å²) in [5, 5.41) is 0. The maximum atomic E-state index is 14.1. The highest BCUT2D eigenvalue weighted by Gasteiger charge is 2.32. The van der Waals surface area contributed by atoms with E-state index in [1.165, 1.54) is 0 Å².